The fourth-order valence-corrected chi connectivity index (χ4v) is 1.90. The molecule has 20 heavy (non-hydrogen) atoms. The van der Waals surface area contributed by atoms with Crippen LogP contribution in [0.1, 0.15) is 35.0 Å². The van der Waals surface area contributed by atoms with Gasteiger partial charge < -0.3 is 4.42 Å². The number of Topliss-reactive ketones (excluding diaryl/α,β-unsaturated/α-hetero) is 1. The molecule has 0 spiro atoms. The Hall–Kier alpha value is -2.04. The third-order valence-corrected chi connectivity index (χ3v) is 3.03. The number of furan rings is 1. The second-order valence-corrected chi connectivity index (χ2v) is 4.47. The van der Waals surface area contributed by atoms with Gasteiger partial charge in [-0.3, -0.25) is 4.79 Å². The highest BCUT2D eigenvalue weighted by Crippen LogP contribution is 2.35. The van der Waals surface area contributed by atoms with E-state index >= 15 is 0 Å². The summed E-state index contributed by atoms with van der Waals surface area (Å²) in [6.07, 6.45) is -4.12. The monoisotopic (exact) mass is 282 g/mol. The molecule has 0 N–H and O–H groups in total. The number of ketones is 1. The Bertz CT molecular complexity index is 639. The van der Waals surface area contributed by atoms with Gasteiger partial charge in [0.2, 0.25) is 0 Å². The minimum absolute atomic E-state index is 0.151. The molecular formula is C15H13F3O2. The molecule has 2 rings (SSSR count). The molecule has 2 aromatic rings. The van der Waals surface area contributed by atoms with Crippen molar-refractivity contribution < 1.29 is 22.4 Å². The predicted octanol–water partition coefficient (Wildman–Crippen LogP) is 4.87. The lowest BCUT2D eigenvalue weighted by atomic mass is 10.0. The van der Waals surface area contributed by atoms with Crippen LogP contribution in [0, 0.1) is 6.92 Å². The van der Waals surface area contributed by atoms with E-state index in [1.54, 1.807) is 13.0 Å². The van der Waals surface area contributed by atoms with Crippen molar-refractivity contribution in [2.24, 2.45) is 0 Å². The van der Waals surface area contributed by atoms with Gasteiger partial charge in [0, 0.05) is 12.0 Å². The van der Waals surface area contributed by atoms with Crippen LogP contribution in [0.3, 0.4) is 0 Å². The predicted molar refractivity (Wildman–Crippen MR) is 68.5 cm³/mol. The van der Waals surface area contributed by atoms with Gasteiger partial charge in [0.25, 0.3) is 0 Å². The van der Waals surface area contributed by atoms with Gasteiger partial charge in [-0.1, -0.05) is 19.1 Å². The van der Waals surface area contributed by atoms with Gasteiger partial charge in [-0.15, -0.1) is 0 Å². The molecule has 0 amide bonds. The zero-order valence-electron chi connectivity index (χ0n) is 11.0. The van der Waals surface area contributed by atoms with Gasteiger partial charge in [0.15, 0.2) is 11.5 Å². The van der Waals surface area contributed by atoms with Crippen molar-refractivity contribution >= 4 is 5.78 Å². The van der Waals surface area contributed by atoms with Crippen LogP contribution in [0.15, 0.2) is 34.7 Å². The molecule has 1 aromatic carbocycles. The third kappa shape index (κ3) is 2.76. The molecule has 0 unspecified atom stereocenters. The average molecular weight is 282 g/mol. The van der Waals surface area contributed by atoms with Gasteiger partial charge in [-0.05, 0) is 30.7 Å². The molecule has 0 saturated carbocycles. The first-order valence-corrected chi connectivity index (χ1v) is 6.14. The molecule has 5 heteroatoms. The van der Waals surface area contributed by atoms with Gasteiger partial charge in [0.05, 0.1) is 5.56 Å². The molecular weight excluding hydrogens is 269 g/mol. The van der Waals surface area contributed by atoms with E-state index in [2.05, 4.69) is 0 Å². The van der Waals surface area contributed by atoms with Gasteiger partial charge in [-0.25, -0.2) is 0 Å². The molecule has 0 radical (unpaired) electrons. The molecule has 106 valence electrons. The van der Waals surface area contributed by atoms with Crippen molar-refractivity contribution in [1.82, 2.24) is 0 Å². The SMILES string of the molecule is CCC(=O)c1ccc(-c2ccc(C)c(C(F)(F)F)c2)o1. The first-order chi connectivity index (χ1) is 9.32. The number of carbonyl (C=O) groups is 1. The second kappa shape index (κ2) is 5.15. The Morgan fingerprint density at radius 1 is 1.20 bits per heavy atom. The summed E-state index contributed by atoms with van der Waals surface area (Å²) in [5, 5.41) is 0. The smallest absolute Gasteiger partial charge is 0.416 e. The first-order valence-electron chi connectivity index (χ1n) is 6.14. The molecule has 1 heterocycles. The van der Waals surface area contributed by atoms with Gasteiger partial charge in [-0.2, -0.15) is 13.2 Å². The number of halogens is 3. The third-order valence-electron chi connectivity index (χ3n) is 3.03. The van der Waals surface area contributed by atoms with Gasteiger partial charge in [0.1, 0.15) is 5.76 Å². The number of hydrogen-bond donors (Lipinski definition) is 0. The summed E-state index contributed by atoms with van der Waals surface area (Å²) in [5.74, 6) is 0.239. The number of carbonyl (C=O) groups excluding carboxylic acids is 1. The van der Waals surface area contributed by atoms with Crippen LogP contribution in [0.2, 0.25) is 0 Å². The van der Waals surface area contributed by atoms with Crippen LogP contribution in [-0.2, 0) is 6.18 Å². The standard InChI is InChI=1S/C15H13F3O2/c1-3-12(19)14-7-6-13(20-14)10-5-4-9(2)11(8-10)15(16,17)18/h4-8H,3H2,1-2H3. The quantitative estimate of drug-likeness (QED) is 0.752. The summed E-state index contributed by atoms with van der Waals surface area (Å²) in [7, 11) is 0. The number of benzene rings is 1. The minimum Gasteiger partial charge on any atom is -0.453 e. The van der Waals surface area contributed by atoms with E-state index in [4.69, 9.17) is 4.42 Å². The van der Waals surface area contributed by atoms with Crippen molar-refractivity contribution in [2.45, 2.75) is 26.4 Å². The Labute approximate surface area is 114 Å². The van der Waals surface area contributed by atoms with Crippen molar-refractivity contribution in [1.29, 1.82) is 0 Å². The maximum absolute atomic E-state index is 12.8. The Balaban J connectivity index is 2.44. The maximum Gasteiger partial charge on any atom is 0.416 e. The average Bonchev–Trinajstić information content (AvgIpc) is 2.86. The summed E-state index contributed by atoms with van der Waals surface area (Å²) in [4.78, 5) is 11.5. The summed E-state index contributed by atoms with van der Waals surface area (Å²) in [6.45, 7) is 3.10. The van der Waals surface area contributed by atoms with Crippen LogP contribution >= 0.6 is 0 Å². The lowest BCUT2D eigenvalue weighted by Crippen LogP contribution is -2.07. The fraction of sp³-hybridized carbons (Fsp3) is 0.267. The fourth-order valence-electron chi connectivity index (χ4n) is 1.90. The molecule has 2 nitrogen and oxygen atoms in total. The Kier molecular flexibility index (Phi) is 3.70. The Morgan fingerprint density at radius 3 is 2.50 bits per heavy atom. The first kappa shape index (κ1) is 14.4. The van der Waals surface area contributed by atoms with E-state index in [0.29, 0.717) is 5.56 Å². The van der Waals surface area contributed by atoms with Crippen LogP contribution in [0.25, 0.3) is 11.3 Å². The van der Waals surface area contributed by atoms with Crippen molar-refractivity contribution in [2.75, 3.05) is 0 Å². The topological polar surface area (TPSA) is 30.2 Å². The van der Waals surface area contributed by atoms with E-state index in [9.17, 15) is 18.0 Å². The van der Waals surface area contributed by atoms with Crippen LogP contribution in [-0.4, -0.2) is 5.78 Å². The molecule has 0 bridgehead atoms. The number of hydrogen-bond acceptors (Lipinski definition) is 2. The molecule has 0 aliphatic heterocycles. The van der Waals surface area contributed by atoms with Crippen LogP contribution in [0.5, 0.6) is 0 Å². The lowest BCUT2D eigenvalue weighted by Gasteiger charge is -2.11. The zero-order valence-corrected chi connectivity index (χ0v) is 11.0. The van der Waals surface area contributed by atoms with E-state index in [1.807, 2.05) is 0 Å². The summed E-state index contributed by atoms with van der Waals surface area (Å²) >= 11 is 0. The van der Waals surface area contributed by atoms with E-state index in [1.165, 1.54) is 25.1 Å². The largest absolute Gasteiger partial charge is 0.453 e. The van der Waals surface area contributed by atoms with Crippen molar-refractivity contribution in [3.63, 3.8) is 0 Å². The highest BCUT2D eigenvalue weighted by molar-refractivity contribution is 5.93. The van der Waals surface area contributed by atoms with E-state index < -0.39 is 11.7 Å². The summed E-state index contributed by atoms with van der Waals surface area (Å²) < 4.78 is 43.9. The maximum atomic E-state index is 12.8. The lowest BCUT2D eigenvalue weighted by molar-refractivity contribution is -0.138. The highest BCUT2D eigenvalue weighted by Gasteiger charge is 2.32. The summed E-state index contributed by atoms with van der Waals surface area (Å²) in [5.41, 5.74) is -0.245. The number of rotatable bonds is 3. The molecule has 0 atom stereocenters. The van der Waals surface area contributed by atoms with E-state index in [0.717, 1.165) is 6.07 Å². The number of alkyl halides is 3. The number of aryl methyl sites for hydroxylation is 1. The second-order valence-electron chi connectivity index (χ2n) is 4.47. The van der Waals surface area contributed by atoms with Crippen LogP contribution in [0.4, 0.5) is 13.2 Å². The van der Waals surface area contributed by atoms with Crippen LogP contribution < -0.4 is 0 Å². The molecule has 1 aromatic heterocycles. The van der Waals surface area contributed by atoms with Gasteiger partial charge >= 0.3 is 6.18 Å². The van der Waals surface area contributed by atoms with Crippen molar-refractivity contribution in [3.8, 4) is 11.3 Å². The minimum atomic E-state index is -4.41. The Morgan fingerprint density at radius 2 is 1.90 bits per heavy atom. The molecule has 0 fully saturated rings. The van der Waals surface area contributed by atoms with E-state index in [-0.39, 0.29) is 29.3 Å². The molecule has 0 saturated heterocycles. The normalized spacial score (nSPS) is 11.7. The molecule has 0 aliphatic carbocycles. The molecule has 0 aliphatic rings. The van der Waals surface area contributed by atoms with Crippen molar-refractivity contribution in [3.05, 3.63) is 47.2 Å². The highest BCUT2D eigenvalue weighted by atomic mass is 19.4. The zero-order chi connectivity index (χ0) is 14.9. The summed E-state index contributed by atoms with van der Waals surface area (Å²) in [6, 6.07) is 6.96.